The summed E-state index contributed by atoms with van der Waals surface area (Å²) in [6, 6.07) is 1.44. The van der Waals surface area contributed by atoms with Crippen molar-refractivity contribution < 1.29 is 9.32 Å². The highest BCUT2D eigenvalue weighted by Gasteiger charge is 2.11. The zero-order valence-electron chi connectivity index (χ0n) is 6.80. The number of carbonyl (C=O) groups is 1. The highest BCUT2D eigenvalue weighted by Crippen LogP contribution is 2.16. The van der Waals surface area contributed by atoms with E-state index >= 15 is 0 Å². The minimum Gasteiger partial charge on any atom is -0.374 e. The molecule has 0 saturated carbocycles. The van der Waals surface area contributed by atoms with E-state index in [4.69, 9.17) is 5.73 Å². The quantitative estimate of drug-likeness (QED) is 0.742. The fourth-order valence-corrected chi connectivity index (χ4v) is 1.28. The van der Waals surface area contributed by atoms with Crippen molar-refractivity contribution in [1.82, 2.24) is 15.4 Å². The molecule has 2 rings (SSSR count). The van der Waals surface area contributed by atoms with Crippen LogP contribution in [0.25, 0.3) is 0 Å². The molecule has 0 radical (unpaired) electrons. The molecule has 0 aliphatic carbocycles. The second-order valence-electron chi connectivity index (χ2n) is 2.28. The van der Waals surface area contributed by atoms with Crippen LogP contribution in [0.4, 0.5) is 10.3 Å². The van der Waals surface area contributed by atoms with Gasteiger partial charge < -0.3 is 10.3 Å². The first kappa shape index (κ1) is 8.63. The molecular weight excluding hydrogens is 206 g/mol. The summed E-state index contributed by atoms with van der Waals surface area (Å²) in [6.45, 7) is 0. The van der Waals surface area contributed by atoms with Gasteiger partial charge in [-0.3, -0.25) is 10.1 Å². The molecule has 2 heterocycles. The fraction of sp³-hybridized carbons (Fsp3) is 0. The number of rotatable bonds is 2. The van der Waals surface area contributed by atoms with Gasteiger partial charge in [-0.1, -0.05) is 16.5 Å². The zero-order chi connectivity index (χ0) is 9.97. The van der Waals surface area contributed by atoms with E-state index in [-0.39, 0.29) is 5.69 Å². The Labute approximate surface area is 81.9 Å². The predicted molar refractivity (Wildman–Crippen MR) is 48.8 cm³/mol. The average molecular weight is 211 g/mol. The maximum atomic E-state index is 11.3. The molecule has 0 unspecified atom stereocenters. The molecule has 1 amide bonds. The summed E-state index contributed by atoms with van der Waals surface area (Å²) in [6.07, 6.45) is 1.31. The molecule has 2 aromatic rings. The minimum atomic E-state index is -0.407. The van der Waals surface area contributed by atoms with Gasteiger partial charge in [0, 0.05) is 6.07 Å². The number of carbonyl (C=O) groups excluding carboxylic acids is 1. The summed E-state index contributed by atoms with van der Waals surface area (Å²) >= 11 is 1.08. The van der Waals surface area contributed by atoms with Gasteiger partial charge in [-0.25, -0.2) is 0 Å². The Morgan fingerprint density at radius 3 is 3.00 bits per heavy atom. The summed E-state index contributed by atoms with van der Waals surface area (Å²) in [5, 5.41) is 13.7. The van der Waals surface area contributed by atoms with Crippen LogP contribution in [-0.4, -0.2) is 21.3 Å². The lowest BCUT2D eigenvalue weighted by molar-refractivity contribution is 0.101. The first-order valence-corrected chi connectivity index (χ1v) is 4.38. The third-order valence-electron chi connectivity index (χ3n) is 1.33. The van der Waals surface area contributed by atoms with E-state index in [1.165, 1.54) is 12.3 Å². The topological polar surface area (TPSA) is 107 Å². The molecule has 0 aliphatic heterocycles. The molecule has 0 saturated heterocycles. The van der Waals surface area contributed by atoms with Crippen molar-refractivity contribution in [3.8, 4) is 0 Å². The Hall–Kier alpha value is -1.96. The molecule has 2 aromatic heterocycles. The van der Waals surface area contributed by atoms with Crippen molar-refractivity contribution in [2.75, 3.05) is 11.1 Å². The van der Waals surface area contributed by atoms with Crippen molar-refractivity contribution in [1.29, 1.82) is 0 Å². The number of nitrogen functional groups attached to an aromatic ring is 1. The van der Waals surface area contributed by atoms with Gasteiger partial charge in [0.15, 0.2) is 5.69 Å². The van der Waals surface area contributed by atoms with Gasteiger partial charge in [0.05, 0.1) is 0 Å². The number of nitrogens with zero attached hydrogens (tertiary/aromatic N) is 3. The number of nitrogens with two attached hydrogens (primary N) is 1. The fourth-order valence-electron chi connectivity index (χ4n) is 0.776. The Morgan fingerprint density at radius 1 is 1.57 bits per heavy atom. The molecule has 7 nitrogen and oxygen atoms in total. The highest BCUT2D eigenvalue weighted by molar-refractivity contribution is 7.19. The first-order chi connectivity index (χ1) is 6.75. The van der Waals surface area contributed by atoms with E-state index in [9.17, 15) is 4.79 Å². The number of anilines is 2. The molecule has 8 heteroatoms. The number of hydrogen-bond donors (Lipinski definition) is 2. The van der Waals surface area contributed by atoms with E-state index < -0.39 is 5.91 Å². The molecular formula is C6H5N5O2S. The smallest absolute Gasteiger partial charge is 0.279 e. The van der Waals surface area contributed by atoms with Crippen molar-refractivity contribution in [2.24, 2.45) is 0 Å². The van der Waals surface area contributed by atoms with Crippen LogP contribution in [0.15, 0.2) is 16.9 Å². The van der Waals surface area contributed by atoms with Crippen LogP contribution in [-0.2, 0) is 0 Å². The molecule has 0 aliphatic rings. The summed E-state index contributed by atoms with van der Waals surface area (Å²) in [5.41, 5.74) is 5.51. The van der Waals surface area contributed by atoms with Gasteiger partial charge in [0.25, 0.3) is 5.91 Å². The van der Waals surface area contributed by atoms with E-state index in [0.717, 1.165) is 11.3 Å². The highest BCUT2D eigenvalue weighted by atomic mass is 32.1. The molecule has 0 atom stereocenters. The number of amides is 1. The average Bonchev–Trinajstić information content (AvgIpc) is 2.75. The van der Waals surface area contributed by atoms with Gasteiger partial charge in [-0.05, 0) is 0 Å². The lowest BCUT2D eigenvalue weighted by Gasteiger charge is -1.94. The normalized spacial score (nSPS) is 10.0. The summed E-state index contributed by atoms with van der Waals surface area (Å²) in [5.74, 6) is -0.407. The molecule has 0 aromatic carbocycles. The number of hydrogen-bond acceptors (Lipinski definition) is 7. The maximum absolute atomic E-state index is 11.3. The molecule has 3 N–H and O–H groups in total. The monoisotopic (exact) mass is 211 g/mol. The van der Waals surface area contributed by atoms with Crippen LogP contribution >= 0.6 is 11.3 Å². The van der Waals surface area contributed by atoms with E-state index in [1.54, 1.807) is 0 Å². The van der Waals surface area contributed by atoms with Gasteiger partial charge in [-0.2, -0.15) is 0 Å². The second-order valence-corrected chi connectivity index (χ2v) is 3.29. The van der Waals surface area contributed by atoms with Gasteiger partial charge >= 0.3 is 0 Å². The van der Waals surface area contributed by atoms with E-state index in [1.807, 2.05) is 0 Å². The van der Waals surface area contributed by atoms with E-state index in [2.05, 4.69) is 25.2 Å². The Balaban J connectivity index is 2.09. The summed E-state index contributed by atoms with van der Waals surface area (Å²) in [4.78, 5) is 11.3. The van der Waals surface area contributed by atoms with Crippen molar-refractivity contribution in [2.45, 2.75) is 0 Å². The van der Waals surface area contributed by atoms with Crippen LogP contribution in [0.2, 0.25) is 0 Å². The zero-order valence-corrected chi connectivity index (χ0v) is 7.61. The second kappa shape index (κ2) is 3.42. The van der Waals surface area contributed by atoms with Crippen molar-refractivity contribution in [3.05, 3.63) is 18.0 Å². The number of nitrogens with one attached hydrogen (secondary N) is 1. The van der Waals surface area contributed by atoms with E-state index in [0.29, 0.717) is 10.3 Å². The minimum absolute atomic E-state index is 0.179. The maximum Gasteiger partial charge on any atom is 0.279 e. The van der Waals surface area contributed by atoms with Crippen molar-refractivity contribution in [3.63, 3.8) is 0 Å². The number of aromatic nitrogens is 3. The van der Waals surface area contributed by atoms with Gasteiger partial charge in [0.1, 0.15) is 6.26 Å². The van der Waals surface area contributed by atoms with Crippen LogP contribution < -0.4 is 11.1 Å². The summed E-state index contributed by atoms with van der Waals surface area (Å²) in [7, 11) is 0. The molecule has 14 heavy (non-hydrogen) atoms. The Kier molecular flexibility index (Phi) is 2.11. The molecule has 0 bridgehead atoms. The van der Waals surface area contributed by atoms with Gasteiger partial charge in [0.2, 0.25) is 10.3 Å². The molecule has 0 spiro atoms. The Morgan fingerprint density at radius 2 is 2.43 bits per heavy atom. The van der Waals surface area contributed by atoms with Crippen LogP contribution in [0.5, 0.6) is 0 Å². The SMILES string of the molecule is Nc1nnc(NC(=O)c2ccon2)s1. The lowest BCUT2D eigenvalue weighted by Crippen LogP contribution is -2.11. The van der Waals surface area contributed by atoms with Crippen LogP contribution in [0.3, 0.4) is 0 Å². The third kappa shape index (κ3) is 1.69. The lowest BCUT2D eigenvalue weighted by atomic mass is 10.4. The Bertz CT molecular complexity index is 437. The first-order valence-electron chi connectivity index (χ1n) is 3.56. The van der Waals surface area contributed by atoms with Gasteiger partial charge in [-0.15, -0.1) is 10.2 Å². The van der Waals surface area contributed by atoms with Crippen LogP contribution in [0.1, 0.15) is 10.5 Å². The van der Waals surface area contributed by atoms with Crippen molar-refractivity contribution >= 4 is 27.5 Å². The standard InChI is InChI=1S/C6H5N5O2S/c7-5-9-10-6(14-5)8-4(12)3-1-2-13-11-3/h1-2H,(H2,7,9)(H,8,10,12). The predicted octanol–water partition coefficient (Wildman–Crippen LogP) is 0.361. The summed E-state index contributed by atoms with van der Waals surface area (Å²) < 4.78 is 4.51. The molecule has 72 valence electrons. The third-order valence-corrected chi connectivity index (χ3v) is 2.00. The largest absolute Gasteiger partial charge is 0.374 e. The van der Waals surface area contributed by atoms with Crippen LogP contribution in [0, 0.1) is 0 Å². The molecule has 0 fully saturated rings.